The summed E-state index contributed by atoms with van der Waals surface area (Å²) in [6.45, 7) is 4.85. The molecule has 1 saturated heterocycles. The average molecular weight is 224 g/mol. The Morgan fingerprint density at radius 2 is 1.88 bits per heavy atom. The summed E-state index contributed by atoms with van der Waals surface area (Å²) in [5.74, 6) is -2.44. The van der Waals surface area contributed by atoms with Crippen LogP contribution in [0.3, 0.4) is 0 Å². The van der Waals surface area contributed by atoms with Gasteiger partial charge in [-0.2, -0.15) is 0 Å². The molecule has 1 aromatic rings. The molecule has 4 heteroatoms. The zero-order valence-electron chi connectivity index (χ0n) is 9.37. The number of halogens is 2. The van der Waals surface area contributed by atoms with Crippen molar-refractivity contribution in [3.05, 3.63) is 23.4 Å². The number of pyridine rings is 1. The number of rotatable bonds is 1. The van der Waals surface area contributed by atoms with Gasteiger partial charge in [0.15, 0.2) is 0 Å². The normalized spacial score (nSPS) is 30.4. The van der Waals surface area contributed by atoms with Crippen molar-refractivity contribution >= 4 is 5.82 Å². The highest BCUT2D eigenvalue weighted by molar-refractivity contribution is 5.45. The van der Waals surface area contributed by atoms with E-state index in [0.29, 0.717) is 13.1 Å². The van der Waals surface area contributed by atoms with Gasteiger partial charge in [-0.1, -0.05) is 6.07 Å². The van der Waals surface area contributed by atoms with Crippen LogP contribution < -0.4 is 4.90 Å². The molecule has 1 aliphatic heterocycles. The van der Waals surface area contributed by atoms with Crippen molar-refractivity contribution in [2.45, 2.75) is 19.8 Å². The molecule has 0 amide bonds. The fourth-order valence-electron chi connectivity index (χ4n) is 2.49. The van der Waals surface area contributed by atoms with Crippen LogP contribution in [-0.2, 0) is 0 Å². The molecule has 1 aromatic heterocycles. The highest BCUT2D eigenvalue weighted by atomic mass is 19.3. The second-order valence-corrected chi connectivity index (χ2v) is 4.86. The third kappa shape index (κ3) is 1.25. The van der Waals surface area contributed by atoms with Gasteiger partial charge in [0.25, 0.3) is 5.92 Å². The van der Waals surface area contributed by atoms with Gasteiger partial charge in [-0.05, 0) is 25.5 Å². The number of aryl methyl sites for hydroxylation is 2. The third-order valence-corrected chi connectivity index (χ3v) is 3.86. The summed E-state index contributed by atoms with van der Waals surface area (Å²) in [5, 5.41) is 0. The van der Waals surface area contributed by atoms with Crippen molar-refractivity contribution in [1.82, 2.24) is 4.98 Å². The zero-order chi connectivity index (χ0) is 11.5. The molecule has 1 aliphatic carbocycles. The second-order valence-electron chi connectivity index (χ2n) is 4.86. The molecule has 0 aromatic carbocycles. The van der Waals surface area contributed by atoms with Gasteiger partial charge in [-0.25, -0.2) is 13.8 Å². The fraction of sp³-hybridized carbons (Fsp3) is 0.583. The predicted octanol–water partition coefficient (Wildman–Crippen LogP) is 2.40. The molecule has 2 atom stereocenters. The predicted molar refractivity (Wildman–Crippen MR) is 57.9 cm³/mol. The summed E-state index contributed by atoms with van der Waals surface area (Å²) >= 11 is 0. The molecule has 2 heterocycles. The summed E-state index contributed by atoms with van der Waals surface area (Å²) < 4.78 is 26.1. The van der Waals surface area contributed by atoms with E-state index >= 15 is 0 Å². The van der Waals surface area contributed by atoms with Gasteiger partial charge in [-0.3, -0.25) is 0 Å². The van der Waals surface area contributed by atoms with Gasteiger partial charge in [0.05, 0.1) is 11.8 Å². The van der Waals surface area contributed by atoms with E-state index in [2.05, 4.69) is 4.98 Å². The Hall–Kier alpha value is -1.19. The summed E-state index contributed by atoms with van der Waals surface area (Å²) in [5.41, 5.74) is 2.11. The number of fused-ring (bicyclic) bond motifs is 1. The fourth-order valence-corrected chi connectivity index (χ4v) is 2.49. The molecule has 0 bridgehead atoms. The first-order chi connectivity index (χ1) is 7.50. The maximum atomic E-state index is 13.0. The van der Waals surface area contributed by atoms with Crippen molar-refractivity contribution in [3.8, 4) is 0 Å². The van der Waals surface area contributed by atoms with Gasteiger partial charge in [0, 0.05) is 18.8 Å². The lowest BCUT2D eigenvalue weighted by Gasteiger charge is -2.21. The molecule has 1 saturated carbocycles. The maximum absolute atomic E-state index is 13.0. The van der Waals surface area contributed by atoms with Crippen LogP contribution in [0.4, 0.5) is 14.6 Å². The maximum Gasteiger partial charge on any atom is 0.258 e. The molecule has 2 unspecified atom stereocenters. The van der Waals surface area contributed by atoms with Gasteiger partial charge in [-0.15, -0.1) is 0 Å². The Labute approximate surface area is 93.3 Å². The van der Waals surface area contributed by atoms with Crippen molar-refractivity contribution in [1.29, 1.82) is 0 Å². The molecule has 0 N–H and O–H groups in total. The summed E-state index contributed by atoms with van der Waals surface area (Å²) in [6.07, 6.45) is 0. The molecule has 86 valence electrons. The Kier molecular flexibility index (Phi) is 1.83. The molecular formula is C12H14F2N2. The number of piperidine rings is 1. The lowest BCUT2D eigenvalue weighted by Crippen LogP contribution is -2.28. The standard InChI is InChI=1S/C12H14F2N2/c1-7-3-4-11(15-8(7)2)16-5-9-10(6-16)12(9,13)14/h3-4,9-10H,5-6H2,1-2H3. The molecular weight excluding hydrogens is 210 g/mol. The van der Waals surface area contributed by atoms with E-state index in [-0.39, 0.29) is 0 Å². The number of anilines is 1. The van der Waals surface area contributed by atoms with E-state index in [1.807, 2.05) is 30.9 Å². The molecule has 2 nitrogen and oxygen atoms in total. The third-order valence-electron chi connectivity index (χ3n) is 3.86. The van der Waals surface area contributed by atoms with Crippen molar-refractivity contribution in [2.24, 2.45) is 11.8 Å². The number of hydrogen-bond donors (Lipinski definition) is 0. The second kappa shape index (κ2) is 2.93. The molecule has 2 aliphatic rings. The Bertz CT molecular complexity index is 431. The zero-order valence-corrected chi connectivity index (χ0v) is 9.37. The largest absolute Gasteiger partial charge is 0.356 e. The van der Waals surface area contributed by atoms with Crippen molar-refractivity contribution in [3.63, 3.8) is 0 Å². The Morgan fingerprint density at radius 1 is 1.25 bits per heavy atom. The number of aromatic nitrogens is 1. The van der Waals surface area contributed by atoms with Crippen LogP contribution in [0.1, 0.15) is 11.3 Å². The number of alkyl halides is 2. The molecule has 0 radical (unpaired) electrons. The lowest BCUT2D eigenvalue weighted by atomic mass is 10.2. The van der Waals surface area contributed by atoms with E-state index in [1.165, 1.54) is 0 Å². The van der Waals surface area contributed by atoms with Crippen LogP contribution in [0.2, 0.25) is 0 Å². The van der Waals surface area contributed by atoms with E-state index in [1.54, 1.807) is 0 Å². The Morgan fingerprint density at radius 3 is 2.44 bits per heavy atom. The summed E-state index contributed by atoms with van der Waals surface area (Å²) in [4.78, 5) is 6.41. The van der Waals surface area contributed by atoms with Crippen LogP contribution in [-0.4, -0.2) is 24.0 Å². The minimum Gasteiger partial charge on any atom is -0.356 e. The summed E-state index contributed by atoms with van der Waals surface area (Å²) in [6, 6.07) is 3.92. The molecule has 3 rings (SSSR count). The van der Waals surface area contributed by atoms with Gasteiger partial charge < -0.3 is 4.90 Å². The van der Waals surface area contributed by atoms with E-state index in [0.717, 1.165) is 17.1 Å². The quantitative estimate of drug-likeness (QED) is 0.728. The van der Waals surface area contributed by atoms with E-state index < -0.39 is 17.8 Å². The minimum absolute atomic E-state index is 0.434. The van der Waals surface area contributed by atoms with Crippen LogP contribution >= 0.6 is 0 Å². The van der Waals surface area contributed by atoms with Gasteiger partial charge >= 0.3 is 0 Å². The molecule has 2 fully saturated rings. The lowest BCUT2D eigenvalue weighted by molar-refractivity contribution is 0.0797. The first-order valence-electron chi connectivity index (χ1n) is 5.57. The van der Waals surface area contributed by atoms with Crippen molar-refractivity contribution in [2.75, 3.05) is 18.0 Å². The van der Waals surface area contributed by atoms with Crippen LogP contribution in [0.25, 0.3) is 0 Å². The first kappa shape index (κ1) is 10.00. The van der Waals surface area contributed by atoms with Crippen LogP contribution in [0, 0.1) is 25.7 Å². The monoisotopic (exact) mass is 224 g/mol. The number of hydrogen-bond acceptors (Lipinski definition) is 2. The van der Waals surface area contributed by atoms with Crippen LogP contribution in [0.5, 0.6) is 0 Å². The highest BCUT2D eigenvalue weighted by Gasteiger charge is 2.71. The molecule has 16 heavy (non-hydrogen) atoms. The average Bonchev–Trinajstić information content (AvgIpc) is 2.67. The SMILES string of the molecule is Cc1ccc(N2CC3C(C2)C3(F)F)nc1C. The van der Waals surface area contributed by atoms with E-state index in [4.69, 9.17) is 0 Å². The van der Waals surface area contributed by atoms with Crippen molar-refractivity contribution < 1.29 is 8.78 Å². The highest BCUT2D eigenvalue weighted by Crippen LogP contribution is 2.59. The summed E-state index contributed by atoms with van der Waals surface area (Å²) in [7, 11) is 0. The molecule has 0 spiro atoms. The smallest absolute Gasteiger partial charge is 0.258 e. The van der Waals surface area contributed by atoms with E-state index in [9.17, 15) is 8.78 Å². The van der Waals surface area contributed by atoms with Crippen LogP contribution in [0.15, 0.2) is 12.1 Å². The topological polar surface area (TPSA) is 16.1 Å². The Balaban J connectivity index is 1.79. The number of nitrogens with zero attached hydrogens (tertiary/aromatic N) is 2. The van der Waals surface area contributed by atoms with Gasteiger partial charge in [0.1, 0.15) is 5.82 Å². The van der Waals surface area contributed by atoms with Gasteiger partial charge in [0.2, 0.25) is 0 Å². The minimum atomic E-state index is -2.41. The first-order valence-corrected chi connectivity index (χ1v) is 5.57.